The minimum absolute atomic E-state index is 0.837. The summed E-state index contributed by atoms with van der Waals surface area (Å²) in [5, 5.41) is 0. The van der Waals surface area contributed by atoms with Gasteiger partial charge in [-0.1, -0.05) is 30.3 Å². The highest BCUT2D eigenvalue weighted by Gasteiger charge is 2.39. The average Bonchev–Trinajstić information content (AvgIpc) is 3.16. The summed E-state index contributed by atoms with van der Waals surface area (Å²) in [6.07, 6.45) is 3.93. The molecule has 4 nitrogen and oxygen atoms in total. The van der Waals surface area contributed by atoms with Crippen LogP contribution in [0, 0.1) is 11.8 Å². The van der Waals surface area contributed by atoms with Crippen LogP contribution >= 0.6 is 0 Å². The Balaban J connectivity index is 1.32. The summed E-state index contributed by atoms with van der Waals surface area (Å²) in [7, 11) is 2.08. The molecule has 2 atom stereocenters. The van der Waals surface area contributed by atoms with Crippen LogP contribution in [0.4, 0.5) is 0 Å². The molecule has 0 amide bonds. The Morgan fingerprint density at radius 2 is 1.59 bits per heavy atom. The third-order valence-electron chi connectivity index (χ3n) is 5.17. The van der Waals surface area contributed by atoms with E-state index in [9.17, 15) is 0 Å². The fraction of sp³-hybridized carbons (Fsp3) is 0.500. The second-order valence-corrected chi connectivity index (χ2v) is 6.85. The first-order valence-corrected chi connectivity index (χ1v) is 8.23. The molecule has 0 aliphatic carbocycles. The summed E-state index contributed by atoms with van der Waals surface area (Å²) < 4.78 is 2.13. The number of imidazole rings is 1. The van der Waals surface area contributed by atoms with Crippen molar-refractivity contribution >= 4 is 0 Å². The number of hydrogen-bond donors (Lipinski definition) is 0. The zero-order valence-corrected chi connectivity index (χ0v) is 13.2. The number of nitrogens with zero attached hydrogens (tertiary/aromatic N) is 4. The minimum atomic E-state index is 0.837. The quantitative estimate of drug-likeness (QED) is 0.862. The highest BCUT2D eigenvalue weighted by molar-refractivity contribution is 5.15. The molecule has 4 heteroatoms. The van der Waals surface area contributed by atoms with Gasteiger partial charge in [0.1, 0.15) is 5.82 Å². The van der Waals surface area contributed by atoms with Gasteiger partial charge in [0.25, 0.3) is 0 Å². The Labute approximate surface area is 132 Å². The van der Waals surface area contributed by atoms with Crippen molar-refractivity contribution < 1.29 is 0 Å². The lowest BCUT2D eigenvalue weighted by molar-refractivity contribution is 0.242. The Morgan fingerprint density at radius 1 is 0.955 bits per heavy atom. The van der Waals surface area contributed by atoms with Crippen LogP contribution in [0.1, 0.15) is 11.4 Å². The van der Waals surface area contributed by atoms with Crippen molar-refractivity contribution in [1.29, 1.82) is 0 Å². The number of hydrogen-bond acceptors (Lipinski definition) is 3. The van der Waals surface area contributed by atoms with Crippen LogP contribution in [-0.2, 0) is 20.1 Å². The van der Waals surface area contributed by atoms with Gasteiger partial charge in [0, 0.05) is 52.2 Å². The van der Waals surface area contributed by atoms with Gasteiger partial charge >= 0.3 is 0 Å². The van der Waals surface area contributed by atoms with Gasteiger partial charge in [-0.3, -0.25) is 9.80 Å². The third-order valence-corrected chi connectivity index (χ3v) is 5.17. The van der Waals surface area contributed by atoms with Gasteiger partial charge in [-0.25, -0.2) is 4.98 Å². The molecule has 1 aromatic carbocycles. The predicted molar refractivity (Wildman–Crippen MR) is 87.2 cm³/mol. The smallest absolute Gasteiger partial charge is 0.122 e. The van der Waals surface area contributed by atoms with Gasteiger partial charge in [0.2, 0.25) is 0 Å². The zero-order chi connectivity index (χ0) is 14.9. The van der Waals surface area contributed by atoms with E-state index in [2.05, 4.69) is 56.7 Å². The van der Waals surface area contributed by atoms with Crippen molar-refractivity contribution in [2.75, 3.05) is 26.2 Å². The van der Waals surface area contributed by atoms with Crippen molar-refractivity contribution in [1.82, 2.24) is 19.4 Å². The van der Waals surface area contributed by atoms with E-state index >= 15 is 0 Å². The summed E-state index contributed by atoms with van der Waals surface area (Å²) in [6.45, 7) is 7.04. The van der Waals surface area contributed by atoms with Crippen LogP contribution in [0.25, 0.3) is 0 Å². The van der Waals surface area contributed by atoms with Crippen molar-refractivity contribution in [3.8, 4) is 0 Å². The lowest BCUT2D eigenvalue weighted by Gasteiger charge is -2.21. The maximum atomic E-state index is 4.45. The molecule has 2 fully saturated rings. The number of rotatable bonds is 4. The topological polar surface area (TPSA) is 24.3 Å². The number of benzene rings is 1. The molecular weight excluding hydrogens is 272 g/mol. The maximum absolute atomic E-state index is 4.45. The Morgan fingerprint density at radius 3 is 2.18 bits per heavy atom. The summed E-state index contributed by atoms with van der Waals surface area (Å²) in [5.41, 5.74) is 1.44. The van der Waals surface area contributed by atoms with Crippen LogP contribution in [0.15, 0.2) is 42.7 Å². The fourth-order valence-electron chi connectivity index (χ4n) is 4.04. The number of likely N-dealkylation sites (tertiary alicyclic amines) is 2. The molecular formula is C18H24N4. The first kappa shape index (κ1) is 14.0. The van der Waals surface area contributed by atoms with E-state index in [1.54, 1.807) is 0 Å². The number of aryl methyl sites for hydroxylation is 1. The van der Waals surface area contributed by atoms with Crippen LogP contribution in [0.3, 0.4) is 0 Å². The first-order valence-electron chi connectivity index (χ1n) is 8.23. The van der Waals surface area contributed by atoms with Gasteiger partial charge < -0.3 is 4.57 Å². The molecule has 2 aliphatic rings. The van der Waals surface area contributed by atoms with Crippen molar-refractivity contribution in [2.45, 2.75) is 13.1 Å². The van der Waals surface area contributed by atoms with E-state index < -0.39 is 0 Å². The van der Waals surface area contributed by atoms with Crippen molar-refractivity contribution in [2.24, 2.45) is 18.9 Å². The van der Waals surface area contributed by atoms with Gasteiger partial charge in [0.05, 0.1) is 6.54 Å². The lowest BCUT2D eigenvalue weighted by Crippen LogP contribution is -2.29. The van der Waals surface area contributed by atoms with Crippen LogP contribution in [0.2, 0.25) is 0 Å². The van der Waals surface area contributed by atoms with E-state index in [0.29, 0.717) is 0 Å². The fourth-order valence-corrected chi connectivity index (χ4v) is 4.04. The molecule has 0 bridgehead atoms. The molecule has 0 unspecified atom stereocenters. The molecule has 2 saturated heterocycles. The number of aromatic nitrogens is 2. The molecule has 0 saturated carbocycles. The highest BCUT2D eigenvalue weighted by atomic mass is 15.2. The zero-order valence-electron chi connectivity index (χ0n) is 13.2. The average molecular weight is 296 g/mol. The van der Waals surface area contributed by atoms with E-state index in [-0.39, 0.29) is 0 Å². The standard InChI is InChI=1S/C18H24N4/c1-20-8-7-19-18(20)14-22-12-16-10-21(11-17(16)13-22)9-15-5-3-2-4-6-15/h2-8,16-17H,9-14H2,1H3/t16-,17+. The normalized spacial score (nSPS) is 25.7. The van der Waals surface area contributed by atoms with Crippen molar-refractivity contribution in [3.05, 3.63) is 54.1 Å². The van der Waals surface area contributed by atoms with E-state index in [1.165, 1.54) is 37.6 Å². The first-order chi connectivity index (χ1) is 10.8. The SMILES string of the molecule is Cn1ccnc1CN1C[C@H]2CN(Cc3ccccc3)C[C@H]2C1. The second kappa shape index (κ2) is 5.86. The molecule has 4 rings (SSSR count). The molecule has 1 aromatic heterocycles. The molecule has 3 heterocycles. The van der Waals surface area contributed by atoms with E-state index in [4.69, 9.17) is 0 Å². The Bertz CT molecular complexity index is 607. The van der Waals surface area contributed by atoms with Gasteiger partial charge in [-0.15, -0.1) is 0 Å². The number of fused-ring (bicyclic) bond motifs is 1. The van der Waals surface area contributed by atoms with Gasteiger partial charge in [-0.2, -0.15) is 0 Å². The summed E-state index contributed by atoms with van der Waals surface area (Å²) >= 11 is 0. The minimum Gasteiger partial charge on any atom is -0.337 e. The molecule has 116 valence electrons. The van der Waals surface area contributed by atoms with E-state index in [0.717, 1.165) is 24.9 Å². The second-order valence-electron chi connectivity index (χ2n) is 6.85. The van der Waals surface area contributed by atoms with Crippen LogP contribution < -0.4 is 0 Å². The molecule has 0 spiro atoms. The van der Waals surface area contributed by atoms with Gasteiger partial charge in [-0.05, 0) is 17.4 Å². The molecule has 22 heavy (non-hydrogen) atoms. The monoisotopic (exact) mass is 296 g/mol. The van der Waals surface area contributed by atoms with Gasteiger partial charge in [0.15, 0.2) is 0 Å². The van der Waals surface area contributed by atoms with E-state index in [1.807, 2.05) is 12.4 Å². The summed E-state index contributed by atoms with van der Waals surface area (Å²) in [4.78, 5) is 9.66. The Kier molecular flexibility index (Phi) is 3.72. The lowest BCUT2D eigenvalue weighted by atomic mass is 10.0. The van der Waals surface area contributed by atoms with Crippen LogP contribution in [0.5, 0.6) is 0 Å². The summed E-state index contributed by atoms with van der Waals surface area (Å²) in [6, 6.07) is 10.8. The largest absolute Gasteiger partial charge is 0.337 e. The molecule has 2 aromatic rings. The highest BCUT2D eigenvalue weighted by Crippen LogP contribution is 2.32. The maximum Gasteiger partial charge on any atom is 0.122 e. The third kappa shape index (κ3) is 2.81. The molecule has 0 radical (unpaired) electrons. The van der Waals surface area contributed by atoms with Crippen LogP contribution in [-0.4, -0.2) is 45.5 Å². The Hall–Kier alpha value is -1.65. The van der Waals surface area contributed by atoms with Crippen molar-refractivity contribution in [3.63, 3.8) is 0 Å². The molecule has 2 aliphatic heterocycles. The summed E-state index contributed by atoms with van der Waals surface area (Å²) in [5.74, 6) is 2.86. The predicted octanol–water partition coefficient (Wildman–Crippen LogP) is 1.98. The molecule has 0 N–H and O–H groups in total.